The second-order valence-electron chi connectivity index (χ2n) is 1.80. The van der Waals surface area contributed by atoms with Gasteiger partial charge in [-0.1, -0.05) is 13.0 Å². The molecule has 0 fully saturated rings. The molecule has 0 spiro atoms. The van der Waals surface area contributed by atoms with Gasteiger partial charge in [-0.3, -0.25) is 0 Å². The van der Waals surface area contributed by atoms with Gasteiger partial charge in [-0.25, -0.2) is 4.79 Å². The normalized spacial score (nSPS) is 12.1. The van der Waals surface area contributed by atoms with E-state index in [9.17, 15) is 4.79 Å². The summed E-state index contributed by atoms with van der Waals surface area (Å²) < 4.78 is 4.40. The molecule has 0 aliphatic rings. The molecule has 0 aromatic rings. The van der Waals surface area contributed by atoms with E-state index in [2.05, 4.69) is 11.3 Å². The van der Waals surface area contributed by atoms with E-state index >= 15 is 0 Å². The van der Waals surface area contributed by atoms with Crippen LogP contribution in [0.1, 0.15) is 13.3 Å². The van der Waals surface area contributed by atoms with E-state index in [1.807, 2.05) is 6.92 Å². The highest BCUT2D eigenvalue weighted by molar-refractivity contribution is 5.38. The first-order valence-corrected chi connectivity index (χ1v) is 2.96. The van der Waals surface area contributed by atoms with Crippen LogP contribution >= 0.6 is 0 Å². The molecule has 0 bridgehead atoms. The van der Waals surface area contributed by atoms with Crippen LogP contribution in [0.2, 0.25) is 0 Å². The third-order valence-corrected chi connectivity index (χ3v) is 1.21. The highest BCUT2D eigenvalue weighted by Gasteiger charge is 1.99. The molecule has 0 aromatic carbocycles. The zero-order valence-corrected chi connectivity index (χ0v) is 5.59. The Balaban J connectivity index is 3.30. The van der Waals surface area contributed by atoms with E-state index < -0.39 is 0 Å². The van der Waals surface area contributed by atoms with Crippen LogP contribution in [-0.2, 0) is 9.53 Å². The van der Waals surface area contributed by atoms with Gasteiger partial charge < -0.3 is 4.74 Å². The maximum Gasteiger partial charge on any atom is 0.417 e. The molecule has 0 saturated carbocycles. The largest absolute Gasteiger partial charge is 0.457 e. The molecule has 1 unspecified atom stereocenters. The van der Waals surface area contributed by atoms with Gasteiger partial charge in [-0.2, -0.15) is 0 Å². The Morgan fingerprint density at radius 1 is 1.89 bits per heavy atom. The predicted molar refractivity (Wildman–Crippen MR) is 35.6 cm³/mol. The first-order chi connectivity index (χ1) is 4.35. The highest BCUT2D eigenvalue weighted by Crippen LogP contribution is 2.01. The summed E-state index contributed by atoms with van der Waals surface area (Å²) in [6.45, 7) is 7.36. The molecule has 9 heavy (non-hydrogen) atoms. The molecule has 2 nitrogen and oxygen atoms in total. The average molecular weight is 127 g/mol. The van der Waals surface area contributed by atoms with Gasteiger partial charge in [0.25, 0.3) is 0 Å². The Morgan fingerprint density at radius 2 is 2.56 bits per heavy atom. The van der Waals surface area contributed by atoms with Gasteiger partial charge in [0.15, 0.2) is 0 Å². The summed E-state index contributed by atoms with van der Waals surface area (Å²) in [5.41, 5.74) is 0. The molecular weight excluding hydrogens is 116 g/mol. The average Bonchev–Trinajstić information content (AvgIpc) is 1.91. The van der Waals surface area contributed by atoms with Crippen molar-refractivity contribution >= 4 is 6.47 Å². The molecule has 0 aliphatic heterocycles. The van der Waals surface area contributed by atoms with Crippen molar-refractivity contribution in [3.05, 3.63) is 12.7 Å². The van der Waals surface area contributed by atoms with Crippen LogP contribution < -0.4 is 0 Å². The van der Waals surface area contributed by atoms with Crippen molar-refractivity contribution in [1.82, 2.24) is 0 Å². The molecule has 0 heterocycles. The Hall–Kier alpha value is -0.790. The third kappa shape index (κ3) is 3.76. The van der Waals surface area contributed by atoms with Gasteiger partial charge >= 0.3 is 6.47 Å². The van der Waals surface area contributed by atoms with Gasteiger partial charge in [-0.05, 0) is 6.42 Å². The van der Waals surface area contributed by atoms with E-state index in [1.165, 1.54) is 6.47 Å². The van der Waals surface area contributed by atoms with Crippen LogP contribution in [0, 0.1) is 5.92 Å². The summed E-state index contributed by atoms with van der Waals surface area (Å²) in [5.74, 6) is 0.284. The number of ether oxygens (including phenoxy) is 1. The molecule has 51 valence electrons. The van der Waals surface area contributed by atoms with Gasteiger partial charge in [0, 0.05) is 5.92 Å². The standard InChI is InChI=1S/C7H11O2/c1-3-7(4-2)5-9-6-8/h3,7H,1,4-5H2,2H3. The summed E-state index contributed by atoms with van der Waals surface area (Å²) in [7, 11) is 0. The fraction of sp³-hybridized carbons (Fsp3) is 0.571. The molecule has 0 aromatic heterocycles. The molecule has 0 N–H and O–H groups in total. The van der Waals surface area contributed by atoms with Crippen molar-refractivity contribution in [2.24, 2.45) is 5.92 Å². The number of hydrogen-bond acceptors (Lipinski definition) is 2. The van der Waals surface area contributed by atoms with Crippen LogP contribution in [-0.4, -0.2) is 13.1 Å². The summed E-state index contributed by atoms with van der Waals surface area (Å²) in [4.78, 5) is 9.56. The summed E-state index contributed by atoms with van der Waals surface area (Å²) in [6, 6.07) is 0. The van der Waals surface area contributed by atoms with E-state index in [1.54, 1.807) is 6.08 Å². The zero-order chi connectivity index (χ0) is 7.11. The van der Waals surface area contributed by atoms with Crippen molar-refractivity contribution in [3.63, 3.8) is 0 Å². The second kappa shape index (κ2) is 5.35. The monoisotopic (exact) mass is 127 g/mol. The minimum Gasteiger partial charge on any atom is -0.457 e. The first kappa shape index (κ1) is 8.21. The summed E-state index contributed by atoms with van der Waals surface area (Å²) in [5, 5.41) is 0. The molecular formula is C7H11O2. The van der Waals surface area contributed by atoms with Gasteiger partial charge in [-0.15, -0.1) is 6.58 Å². The molecule has 1 radical (unpaired) electrons. The summed E-state index contributed by atoms with van der Waals surface area (Å²) >= 11 is 0. The van der Waals surface area contributed by atoms with Crippen molar-refractivity contribution in [2.45, 2.75) is 13.3 Å². The minimum absolute atomic E-state index is 0.284. The van der Waals surface area contributed by atoms with Crippen molar-refractivity contribution in [3.8, 4) is 0 Å². The molecule has 1 atom stereocenters. The quantitative estimate of drug-likeness (QED) is 0.520. The molecule has 0 saturated heterocycles. The lowest BCUT2D eigenvalue weighted by molar-refractivity contribution is 0.242. The van der Waals surface area contributed by atoms with Gasteiger partial charge in [0.1, 0.15) is 0 Å². The number of carbonyl (C=O) groups excluding carboxylic acids is 1. The van der Waals surface area contributed by atoms with Crippen LogP contribution in [0.15, 0.2) is 12.7 Å². The molecule has 0 aliphatic carbocycles. The van der Waals surface area contributed by atoms with Crippen molar-refractivity contribution in [1.29, 1.82) is 0 Å². The lowest BCUT2D eigenvalue weighted by atomic mass is 10.1. The molecule has 0 amide bonds. The number of rotatable bonds is 5. The Morgan fingerprint density at radius 3 is 2.89 bits per heavy atom. The Bertz CT molecular complexity index is 88.9. The van der Waals surface area contributed by atoms with E-state index in [0.29, 0.717) is 6.61 Å². The topological polar surface area (TPSA) is 26.3 Å². The smallest absolute Gasteiger partial charge is 0.417 e. The van der Waals surface area contributed by atoms with Crippen molar-refractivity contribution in [2.75, 3.05) is 6.61 Å². The maximum atomic E-state index is 9.56. The van der Waals surface area contributed by atoms with Crippen LogP contribution in [0.4, 0.5) is 0 Å². The Labute approximate surface area is 55.5 Å². The van der Waals surface area contributed by atoms with Crippen LogP contribution in [0.5, 0.6) is 0 Å². The van der Waals surface area contributed by atoms with Crippen LogP contribution in [0.25, 0.3) is 0 Å². The van der Waals surface area contributed by atoms with Gasteiger partial charge in [0.2, 0.25) is 0 Å². The molecule has 0 rings (SSSR count). The first-order valence-electron chi connectivity index (χ1n) is 2.96. The predicted octanol–water partition coefficient (Wildman–Crippen LogP) is 1.28. The lowest BCUT2D eigenvalue weighted by Crippen LogP contribution is -2.03. The zero-order valence-electron chi connectivity index (χ0n) is 5.59. The Kier molecular flexibility index (Phi) is 4.88. The minimum atomic E-state index is 0.284. The van der Waals surface area contributed by atoms with Crippen LogP contribution in [0.3, 0.4) is 0 Å². The summed E-state index contributed by atoms with van der Waals surface area (Å²) in [6.07, 6.45) is 2.72. The maximum absolute atomic E-state index is 9.56. The fourth-order valence-corrected chi connectivity index (χ4v) is 0.494. The lowest BCUT2D eigenvalue weighted by Gasteiger charge is -2.04. The van der Waals surface area contributed by atoms with E-state index in [0.717, 1.165) is 6.42 Å². The highest BCUT2D eigenvalue weighted by atomic mass is 16.5. The fourth-order valence-electron chi connectivity index (χ4n) is 0.494. The second-order valence-corrected chi connectivity index (χ2v) is 1.80. The van der Waals surface area contributed by atoms with E-state index in [4.69, 9.17) is 0 Å². The third-order valence-electron chi connectivity index (χ3n) is 1.21. The van der Waals surface area contributed by atoms with Crippen molar-refractivity contribution < 1.29 is 9.53 Å². The molecule has 2 heteroatoms. The van der Waals surface area contributed by atoms with Gasteiger partial charge in [0.05, 0.1) is 6.61 Å². The van der Waals surface area contributed by atoms with E-state index in [-0.39, 0.29) is 5.92 Å². The SMILES string of the molecule is C=CC(CC)CO[C]=O. The number of hydrogen-bond donors (Lipinski definition) is 0.